The van der Waals surface area contributed by atoms with Gasteiger partial charge in [-0.3, -0.25) is 4.90 Å². The van der Waals surface area contributed by atoms with E-state index in [4.69, 9.17) is 5.73 Å². The van der Waals surface area contributed by atoms with Crippen molar-refractivity contribution in [3.05, 3.63) is 18.2 Å². The molecule has 0 unspecified atom stereocenters. The number of hydrogen-bond donors (Lipinski definition) is 1. The van der Waals surface area contributed by atoms with Gasteiger partial charge in [-0.2, -0.15) is 0 Å². The summed E-state index contributed by atoms with van der Waals surface area (Å²) in [6, 6.07) is 1.03. The minimum absolute atomic E-state index is 0.218. The highest BCUT2D eigenvalue weighted by atomic mass is 15.3. The van der Waals surface area contributed by atoms with Gasteiger partial charge in [0.05, 0.1) is 6.04 Å². The molecule has 2 atom stereocenters. The van der Waals surface area contributed by atoms with Crippen molar-refractivity contribution in [1.82, 2.24) is 14.5 Å². The summed E-state index contributed by atoms with van der Waals surface area (Å²) in [4.78, 5) is 6.95. The van der Waals surface area contributed by atoms with E-state index in [2.05, 4.69) is 35.2 Å². The molecule has 90 valence electrons. The van der Waals surface area contributed by atoms with E-state index in [-0.39, 0.29) is 12.1 Å². The van der Waals surface area contributed by atoms with Crippen LogP contribution in [0.2, 0.25) is 0 Å². The summed E-state index contributed by atoms with van der Waals surface area (Å²) < 4.78 is 2.20. The number of aryl methyl sites for hydroxylation is 1. The average Bonchev–Trinajstić information content (AvgIpc) is 2.82. The Balaban J connectivity index is 2.30. The Hall–Kier alpha value is -0.870. The summed E-state index contributed by atoms with van der Waals surface area (Å²) in [7, 11) is 0. The quantitative estimate of drug-likeness (QED) is 0.840. The van der Waals surface area contributed by atoms with Crippen molar-refractivity contribution in [2.45, 2.75) is 51.9 Å². The number of nitrogens with two attached hydrogens (primary N) is 1. The van der Waals surface area contributed by atoms with E-state index in [1.807, 2.05) is 12.4 Å². The van der Waals surface area contributed by atoms with Gasteiger partial charge in [-0.1, -0.05) is 0 Å². The van der Waals surface area contributed by atoms with Crippen molar-refractivity contribution >= 4 is 0 Å². The molecule has 16 heavy (non-hydrogen) atoms. The van der Waals surface area contributed by atoms with Crippen LogP contribution in [0.5, 0.6) is 0 Å². The van der Waals surface area contributed by atoms with E-state index >= 15 is 0 Å². The summed E-state index contributed by atoms with van der Waals surface area (Å²) in [6.45, 7) is 8.64. The van der Waals surface area contributed by atoms with E-state index < -0.39 is 0 Å². The molecule has 1 aliphatic rings. The second-order valence-corrected chi connectivity index (χ2v) is 4.80. The molecule has 0 spiro atoms. The predicted molar refractivity (Wildman–Crippen MR) is 65.1 cm³/mol. The summed E-state index contributed by atoms with van der Waals surface area (Å²) in [5.41, 5.74) is 6.23. The van der Waals surface area contributed by atoms with Crippen LogP contribution in [0.3, 0.4) is 0 Å². The fourth-order valence-electron chi connectivity index (χ4n) is 2.61. The van der Waals surface area contributed by atoms with Crippen LogP contribution in [0.15, 0.2) is 12.4 Å². The SMILES string of the molecule is CCn1ccnc1[C@H]1[C@H](N)CCN1C(C)C. The first-order valence-corrected chi connectivity index (χ1v) is 6.17. The molecule has 1 fully saturated rings. The molecule has 0 saturated carbocycles. The molecule has 4 heteroatoms. The van der Waals surface area contributed by atoms with Crippen molar-refractivity contribution in [2.24, 2.45) is 5.73 Å². The standard InChI is InChI=1S/C12H22N4/c1-4-15-8-6-14-12(15)11-10(13)5-7-16(11)9(2)3/h6,8-11H,4-5,7,13H2,1-3H3/t10-,11-/m1/s1. The van der Waals surface area contributed by atoms with Gasteiger partial charge in [-0.25, -0.2) is 4.98 Å². The highest BCUT2D eigenvalue weighted by Crippen LogP contribution is 2.31. The van der Waals surface area contributed by atoms with Gasteiger partial charge in [0, 0.05) is 37.6 Å². The third-order valence-electron chi connectivity index (χ3n) is 3.50. The lowest BCUT2D eigenvalue weighted by atomic mass is 10.1. The number of rotatable bonds is 3. The van der Waals surface area contributed by atoms with Crippen molar-refractivity contribution < 1.29 is 0 Å². The Morgan fingerprint density at radius 1 is 1.56 bits per heavy atom. The lowest BCUT2D eigenvalue weighted by Gasteiger charge is -2.29. The third kappa shape index (κ3) is 1.87. The zero-order valence-electron chi connectivity index (χ0n) is 10.4. The van der Waals surface area contributed by atoms with Crippen LogP contribution >= 0.6 is 0 Å². The monoisotopic (exact) mass is 222 g/mol. The van der Waals surface area contributed by atoms with Crippen LogP contribution in [0.4, 0.5) is 0 Å². The van der Waals surface area contributed by atoms with Crippen molar-refractivity contribution in [3.8, 4) is 0 Å². The largest absolute Gasteiger partial charge is 0.334 e. The van der Waals surface area contributed by atoms with Gasteiger partial charge in [0.1, 0.15) is 5.82 Å². The van der Waals surface area contributed by atoms with Crippen molar-refractivity contribution in [2.75, 3.05) is 6.54 Å². The highest BCUT2D eigenvalue weighted by Gasteiger charge is 2.36. The normalized spacial score (nSPS) is 26.8. The van der Waals surface area contributed by atoms with Crippen LogP contribution in [0.1, 0.15) is 39.1 Å². The van der Waals surface area contributed by atoms with E-state index in [0.29, 0.717) is 6.04 Å². The first-order valence-electron chi connectivity index (χ1n) is 6.17. The van der Waals surface area contributed by atoms with Crippen molar-refractivity contribution in [3.63, 3.8) is 0 Å². The van der Waals surface area contributed by atoms with Gasteiger partial charge in [-0.05, 0) is 27.2 Å². The first-order chi connectivity index (χ1) is 7.65. The Labute approximate surface area is 97.4 Å². The fraction of sp³-hybridized carbons (Fsp3) is 0.750. The Kier molecular flexibility index (Phi) is 3.30. The van der Waals surface area contributed by atoms with Gasteiger partial charge in [0.2, 0.25) is 0 Å². The molecular formula is C12H22N4. The molecule has 2 rings (SSSR count). The molecule has 1 saturated heterocycles. The topological polar surface area (TPSA) is 47.1 Å². The van der Waals surface area contributed by atoms with Crippen LogP contribution in [0, 0.1) is 0 Å². The molecule has 0 bridgehead atoms. The molecule has 0 radical (unpaired) electrons. The van der Waals surface area contributed by atoms with E-state index in [1.54, 1.807) is 0 Å². The average molecular weight is 222 g/mol. The minimum Gasteiger partial charge on any atom is -0.334 e. The van der Waals surface area contributed by atoms with Crippen LogP contribution in [-0.2, 0) is 6.54 Å². The van der Waals surface area contributed by atoms with Gasteiger partial charge >= 0.3 is 0 Å². The number of imidazole rings is 1. The predicted octanol–water partition coefficient (Wildman–Crippen LogP) is 1.39. The number of nitrogens with zero attached hydrogens (tertiary/aromatic N) is 3. The molecule has 2 N–H and O–H groups in total. The number of likely N-dealkylation sites (tertiary alicyclic amines) is 1. The number of aromatic nitrogens is 2. The van der Waals surface area contributed by atoms with Gasteiger partial charge in [0.25, 0.3) is 0 Å². The Morgan fingerprint density at radius 3 is 2.94 bits per heavy atom. The Bertz CT molecular complexity index is 345. The lowest BCUT2D eigenvalue weighted by molar-refractivity contribution is 0.187. The van der Waals surface area contributed by atoms with Gasteiger partial charge in [-0.15, -0.1) is 0 Å². The molecular weight excluding hydrogens is 200 g/mol. The molecule has 1 aromatic heterocycles. The van der Waals surface area contributed by atoms with Gasteiger partial charge in [0.15, 0.2) is 0 Å². The van der Waals surface area contributed by atoms with E-state index in [9.17, 15) is 0 Å². The highest BCUT2D eigenvalue weighted by molar-refractivity contribution is 5.07. The molecule has 1 aliphatic heterocycles. The van der Waals surface area contributed by atoms with E-state index in [1.165, 1.54) is 0 Å². The van der Waals surface area contributed by atoms with Crippen LogP contribution in [-0.4, -0.2) is 33.1 Å². The fourth-order valence-corrected chi connectivity index (χ4v) is 2.61. The maximum Gasteiger partial charge on any atom is 0.127 e. The smallest absolute Gasteiger partial charge is 0.127 e. The maximum absolute atomic E-state index is 6.23. The molecule has 0 aliphatic carbocycles. The summed E-state index contributed by atoms with van der Waals surface area (Å²) in [6.07, 6.45) is 4.99. The molecule has 1 aromatic rings. The molecule has 0 aromatic carbocycles. The lowest BCUT2D eigenvalue weighted by Crippen LogP contribution is -2.37. The zero-order chi connectivity index (χ0) is 11.7. The second kappa shape index (κ2) is 4.55. The first kappa shape index (κ1) is 11.6. The van der Waals surface area contributed by atoms with Crippen LogP contribution < -0.4 is 5.73 Å². The van der Waals surface area contributed by atoms with E-state index in [0.717, 1.165) is 25.3 Å². The minimum atomic E-state index is 0.218. The zero-order valence-corrected chi connectivity index (χ0v) is 10.4. The molecule has 2 heterocycles. The second-order valence-electron chi connectivity index (χ2n) is 4.80. The number of hydrogen-bond acceptors (Lipinski definition) is 3. The van der Waals surface area contributed by atoms with Gasteiger partial charge < -0.3 is 10.3 Å². The summed E-state index contributed by atoms with van der Waals surface area (Å²) >= 11 is 0. The molecule has 4 nitrogen and oxygen atoms in total. The summed E-state index contributed by atoms with van der Waals surface area (Å²) in [5.74, 6) is 1.13. The molecule has 0 amide bonds. The Morgan fingerprint density at radius 2 is 2.31 bits per heavy atom. The third-order valence-corrected chi connectivity index (χ3v) is 3.50. The maximum atomic E-state index is 6.23. The van der Waals surface area contributed by atoms with Crippen LogP contribution in [0.25, 0.3) is 0 Å². The summed E-state index contributed by atoms with van der Waals surface area (Å²) in [5, 5.41) is 0. The van der Waals surface area contributed by atoms with Crippen molar-refractivity contribution in [1.29, 1.82) is 0 Å².